The van der Waals surface area contributed by atoms with Gasteiger partial charge >= 0.3 is 0 Å². The molecule has 0 aromatic carbocycles. The summed E-state index contributed by atoms with van der Waals surface area (Å²) >= 11 is 1.29. The fourth-order valence-electron chi connectivity index (χ4n) is 2.80. The fraction of sp³-hybridized carbons (Fsp3) is 0.533. The van der Waals surface area contributed by atoms with E-state index in [1.54, 1.807) is 0 Å². The SMILES string of the molecule is Cc1nc2c(s1)C(=O)C=C(NCCN1CCCCC1)C2=O. The zero-order valence-corrected chi connectivity index (χ0v) is 13.0. The third kappa shape index (κ3) is 3.06. The normalized spacial score (nSPS) is 19.4. The van der Waals surface area contributed by atoms with Gasteiger partial charge < -0.3 is 10.2 Å². The van der Waals surface area contributed by atoms with Crippen molar-refractivity contribution in [3.63, 3.8) is 0 Å². The Hall–Kier alpha value is -1.53. The molecule has 0 unspecified atom stereocenters. The number of ketones is 2. The first-order valence-electron chi connectivity index (χ1n) is 7.39. The van der Waals surface area contributed by atoms with Crippen molar-refractivity contribution in [3.8, 4) is 0 Å². The highest BCUT2D eigenvalue weighted by Crippen LogP contribution is 2.25. The van der Waals surface area contributed by atoms with Gasteiger partial charge in [-0.15, -0.1) is 11.3 Å². The molecule has 1 fully saturated rings. The standard InChI is InChI=1S/C15H19N3O2S/c1-10-17-13-14(20)11(9-12(19)15(13)21-10)16-5-8-18-6-3-2-4-7-18/h9,16H,2-8H2,1H3. The number of thiazole rings is 1. The molecule has 1 aromatic rings. The van der Waals surface area contributed by atoms with E-state index in [-0.39, 0.29) is 11.6 Å². The Morgan fingerprint density at radius 1 is 1.29 bits per heavy atom. The molecule has 0 amide bonds. The topological polar surface area (TPSA) is 62.3 Å². The third-order valence-electron chi connectivity index (χ3n) is 3.89. The number of likely N-dealkylation sites (tertiary alicyclic amines) is 1. The van der Waals surface area contributed by atoms with Crippen LogP contribution in [-0.2, 0) is 0 Å². The fourth-order valence-corrected chi connectivity index (χ4v) is 3.63. The molecule has 0 atom stereocenters. The molecule has 1 N–H and O–H groups in total. The van der Waals surface area contributed by atoms with Crippen LogP contribution in [0, 0.1) is 6.92 Å². The molecule has 21 heavy (non-hydrogen) atoms. The van der Waals surface area contributed by atoms with Crippen molar-refractivity contribution in [3.05, 3.63) is 27.4 Å². The van der Waals surface area contributed by atoms with Crippen LogP contribution in [0.25, 0.3) is 0 Å². The lowest BCUT2D eigenvalue weighted by molar-refractivity contribution is 0.0976. The van der Waals surface area contributed by atoms with E-state index >= 15 is 0 Å². The van der Waals surface area contributed by atoms with Crippen LogP contribution < -0.4 is 5.32 Å². The molecule has 1 saturated heterocycles. The van der Waals surface area contributed by atoms with Gasteiger partial charge in [0.2, 0.25) is 5.78 Å². The Morgan fingerprint density at radius 3 is 2.81 bits per heavy atom. The Balaban J connectivity index is 1.61. The quantitative estimate of drug-likeness (QED) is 0.919. The number of carbonyl (C=O) groups is 2. The summed E-state index contributed by atoms with van der Waals surface area (Å²) in [5.41, 5.74) is 0.695. The number of carbonyl (C=O) groups excluding carboxylic acids is 2. The molecular formula is C15H19N3O2S. The highest BCUT2D eigenvalue weighted by Gasteiger charge is 2.29. The van der Waals surface area contributed by atoms with Gasteiger partial charge in [0.1, 0.15) is 10.6 Å². The molecule has 2 aliphatic rings. The molecule has 6 heteroatoms. The molecule has 0 saturated carbocycles. The third-order valence-corrected chi connectivity index (χ3v) is 4.87. The number of rotatable bonds is 4. The number of fused-ring (bicyclic) bond motifs is 1. The molecule has 0 spiro atoms. The van der Waals surface area contributed by atoms with Gasteiger partial charge in [-0.05, 0) is 32.9 Å². The second-order valence-corrected chi connectivity index (χ2v) is 6.69. The lowest BCUT2D eigenvalue weighted by atomic mass is 10.0. The predicted molar refractivity (Wildman–Crippen MR) is 81.9 cm³/mol. The number of nitrogens with one attached hydrogen (secondary N) is 1. The molecule has 2 heterocycles. The second-order valence-electron chi connectivity index (χ2n) is 5.49. The summed E-state index contributed by atoms with van der Waals surface area (Å²) in [6.07, 6.45) is 5.23. The minimum absolute atomic E-state index is 0.115. The maximum Gasteiger partial charge on any atom is 0.228 e. The average molecular weight is 305 g/mol. The maximum absolute atomic E-state index is 12.3. The summed E-state index contributed by atoms with van der Waals surface area (Å²) in [5, 5.41) is 3.87. The molecule has 1 aromatic heterocycles. The zero-order chi connectivity index (χ0) is 14.8. The average Bonchev–Trinajstić information content (AvgIpc) is 2.88. The van der Waals surface area contributed by atoms with Crippen LogP contribution in [-0.4, -0.2) is 47.6 Å². The first kappa shape index (κ1) is 14.4. The van der Waals surface area contributed by atoms with Crippen molar-refractivity contribution in [2.24, 2.45) is 0 Å². The predicted octanol–water partition coefficient (Wildman–Crippen LogP) is 1.79. The van der Waals surface area contributed by atoms with E-state index in [0.717, 1.165) is 24.6 Å². The Labute approximate surface area is 128 Å². The van der Waals surface area contributed by atoms with E-state index in [1.165, 1.54) is 36.7 Å². The number of allylic oxidation sites excluding steroid dienone is 2. The van der Waals surface area contributed by atoms with E-state index in [2.05, 4.69) is 15.2 Å². The van der Waals surface area contributed by atoms with Crippen molar-refractivity contribution in [2.75, 3.05) is 26.2 Å². The van der Waals surface area contributed by atoms with Crippen molar-refractivity contribution >= 4 is 22.9 Å². The van der Waals surface area contributed by atoms with Gasteiger partial charge in [-0.3, -0.25) is 9.59 Å². The lowest BCUT2D eigenvalue weighted by Crippen LogP contribution is -2.37. The largest absolute Gasteiger partial charge is 0.380 e. The summed E-state index contributed by atoms with van der Waals surface area (Å²) in [7, 11) is 0. The van der Waals surface area contributed by atoms with Crippen molar-refractivity contribution < 1.29 is 9.59 Å². The number of hydrogen-bond acceptors (Lipinski definition) is 6. The summed E-state index contributed by atoms with van der Waals surface area (Å²) in [6, 6.07) is 0. The Kier molecular flexibility index (Phi) is 4.17. The van der Waals surface area contributed by atoms with Crippen LogP contribution in [0.2, 0.25) is 0 Å². The zero-order valence-electron chi connectivity index (χ0n) is 12.1. The highest BCUT2D eigenvalue weighted by atomic mass is 32.1. The van der Waals surface area contributed by atoms with Crippen molar-refractivity contribution in [1.82, 2.24) is 15.2 Å². The first-order chi connectivity index (χ1) is 10.1. The molecular weight excluding hydrogens is 286 g/mol. The van der Waals surface area contributed by atoms with Gasteiger partial charge in [-0.1, -0.05) is 6.42 Å². The van der Waals surface area contributed by atoms with Gasteiger partial charge in [-0.2, -0.15) is 0 Å². The summed E-state index contributed by atoms with van der Waals surface area (Å²) in [4.78, 5) is 31.4. The molecule has 112 valence electrons. The Bertz CT molecular complexity index is 600. The summed E-state index contributed by atoms with van der Waals surface area (Å²) in [5.74, 6) is -0.275. The van der Waals surface area contributed by atoms with E-state index in [9.17, 15) is 9.59 Å². The van der Waals surface area contributed by atoms with Crippen molar-refractivity contribution in [2.45, 2.75) is 26.2 Å². The minimum atomic E-state index is -0.160. The molecule has 0 bridgehead atoms. The molecule has 0 radical (unpaired) electrons. The minimum Gasteiger partial charge on any atom is -0.380 e. The molecule has 1 aliphatic carbocycles. The molecule has 5 nitrogen and oxygen atoms in total. The van der Waals surface area contributed by atoms with Crippen LogP contribution in [0.3, 0.4) is 0 Å². The highest BCUT2D eigenvalue weighted by molar-refractivity contribution is 7.14. The maximum atomic E-state index is 12.3. The number of aryl methyl sites for hydroxylation is 1. The van der Waals surface area contributed by atoms with Gasteiger partial charge in [-0.25, -0.2) is 4.98 Å². The van der Waals surface area contributed by atoms with E-state index in [4.69, 9.17) is 0 Å². The van der Waals surface area contributed by atoms with Crippen LogP contribution in [0.1, 0.15) is 44.4 Å². The van der Waals surface area contributed by atoms with Gasteiger partial charge in [0.15, 0.2) is 5.78 Å². The molecule has 3 rings (SSSR count). The van der Waals surface area contributed by atoms with Crippen LogP contribution in [0.4, 0.5) is 0 Å². The van der Waals surface area contributed by atoms with Crippen molar-refractivity contribution in [1.29, 1.82) is 0 Å². The number of Topliss-reactive ketones (excluding diaryl/α,β-unsaturated/α-hetero) is 1. The number of aromatic nitrogens is 1. The van der Waals surface area contributed by atoms with Gasteiger partial charge in [0, 0.05) is 19.2 Å². The number of piperidine rings is 1. The Morgan fingerprint density at radius 2 is 2.05 bits per heavy atom. The summed E-state index contributed by atoms with van der Waals surface area (Å²) < 4.78 is 0. The van der Waals surface area contributed by atoms with Gasteiger partial charge in [0.05, 0.1) is 10.7 Å². The van der Waals surface area contributed by atoms with Crippen LogP contribution in [0.15, 0.2) is 11.8 Å². The van der Waals surface area contributed by atoms with Crippen LogP contribution in [0.5, 0.6) is 0 Å². The van der Waals surface area contributed by atoms with E-state index in [1.807, 2.05) is 6.92 Å². The van der Waals surface area contributed by atoms with E-state index in [0.29, 0.717) is 22.8 Å². The number of nitrogens with zero attached hydrogens (tertiary/aromatic N) is 2. The smallest absolute Gasteiger partial charge is 0.228 e. The number of hydrogen-bond donors (Lipinski definition) is 1. The van der Waals surface area contributed by atoms with E-state index < -0.39 is 0 Å². The molecule has 1 aliphatic heterocycles. The van der Waals surface area contributed by atoms with Gasteiger partial charge in [0.25, 0.3) is 0 Å². The lowest BCUT2D eigenvalue weighted by Gasteiger charge is -2.26. The second kappa shape index (κ2) is 6.07. The monoisotopic (exact) mass is 305 g/mol. The van der Waals surface area contributed by atoms with Crippen LogP contribution >= 0.6 is 11.3 Å². The summed E-state index contributed by atoms with van der Waals surface area (Å²) in [6.45, 7) is 5.66. The first-order valence-corrected chi connectivity index (χ1v) is 8.21.